The summed E-state index contributed by atoms with van der Waals surface area (Å²) in [6, 6.07) is 0. The molecule has 1 aromatic heterocycles. The van der Waals surface area contributed by atoms with Gasteiger partial charge in [-0.2, -0.15) is 4.98 Å². The van der Waals surface area contributed by atoms with E-state index in [1.807, 2.05) is 0 Å². The Morgan fingerprint density at radius 1 is 1.40 bits per heavy atom. The maximum absolute atomic E-state index is 5.38. The van der Waals surface area contributed by atoms with Gasteiger partial charge in [0.1, 0.15) is 0 Å². The molecule has 4 nitrogen and oxygen atoms in total. The van der Waals surface area contributed by atoms with E-state index < -0.39 is 0 Å². The highest BCUT2D eigenvalue weighted by atomic mass is 16.5. The van der Waals surface area contributed by atoms with Gasteiger partial charge in [0.15, 0.2) is 5.82 Å². The lowest BCUT2D eigenvalue weighted by Crippen LogP contribution is -2.25. The fraction of sp³-hybridized carbons (Fsp3) is 0.818. The Hall–Kier alpha value is -0.900. The fourth-order valence-electron chi connectivity index (χ4n) is 1.77. The zero-order valence-corrected chi connectivity index (χ0v) is 9.92. The summed E-state index contributed by atoms with van der Waals surface area (Å²) in [7, 11) is 0. The van der Waals surface area contributed by atoms with Gasteiger partial charge in [0.05, 0.1) is 5.41 Å². The molecule has 1 fully saturated rings. The van der Waals surface area contributed by atoms with Crippen LogP contribution in [0.2, 0.25) is 0 Å². The van der Waals surface area contributed by atoms with E-state index >= 15 is 0 Å². The molecule has 1 saturated heterocycles. The highest BCUT2D eigenvalue weighted by Crippen LogP contribution is 2.30. The van der Waals surface area contributed by atoms with Crippen molar-refractivity contribution >= 4 is 0 Å². The van der Waals surface area contributed by atoms with Crippen LogP contribution in [0.1, 0.15) is 45.8 Å². The molecule has 1 aromatic rings. The van der Waals surface area contributed by atoms with E-state index in [-0.39, 0.29) is 10.8 Å². The first-order valence-corrected chi connectivity index (χ1v) is 5.47. The molecule has 1 aliphatic heterocycles. The lowest BCUT2D eigenvalue weighted by molar-refractivity contribution is 0.301. The number of rotatable bonds is 1. The summed E-state index contributed by atoms with van der Waals surface area (Å²) in [5, 5.41) is 7.39. The molecule has 0 bridgehead atoms. The minimum Gasteiger partial charge on any atom is -0.339 e. The molecule has 2 rings (SSSR count). The van der Waals surface area contributed by atoms with Gasteiger partial charge in [-0.05, 0) is 19.9 Å². The molecule has 0 radical (unpaired) electrons. The monoisotopic (exact) mass is 209 g/mol. The van der Waals surface area contributed by atoms with E-state index in [0.29, 0.717) is 0 Å². The van der Waals surface area contributed by atoms with Crippen molar-refractivity contribution in [2.75, 3.05) is 13.1 Å². The highest BCUT2D eigenvalue weighted by molar-refractivity contribution is 5.10. The lowest BCUT2D eigenvalue weighted by Gasteiger charge is -2.16. The molecule has 84 valence electrons. The highest BCUT2D eigenvalue weighted by Gasteiger charge is 2.37. The Labute approximate surface area is 90.4 Å². The smallest absolute Gasteiger partial charge is 0.233 e. The Balaban J connectivity index is 2.27. The first-order chi connectivity index (χ1) is 6.92. The van der Waals surface area contributed by atoms with Crippen LogP contribution in [0.4, 0.5) is 0 Å². The summed E-state index contributed by atoms with van der Waals surface area (Å²) in [5.74, 6) is 1.57. The van der Waals surface area contributed by atoms with Crippen LogP contribution in [0, 0.1) is 0 Å². The van der Waals surface area contributed by atoms with Crippen LogP contribution in [0.5, 0.6) is 0 Å². The Morgan fingerprint density at radius 2 is 2.13 bits per heavy atom. The van der Waals surface area contributed by atoms with E-state index in [1.165, 1.54) is 0 Å². The molecule has 15 heavy (non-hydrogen) atoms. The first-order valence-electron chi connectivity index (χ1n) is 5.47. The predicted molar refractivity (Wildman–Crippen MR) is 57.8 cm³/mol. The van der Waals surface area contributed by atoms with Gasteiger partial charge in [0.25, 0.3) is 0 Å². The second-order valence-electron chi connectivity index (χ2n) is 5.66. The van der Waals surface area contributed by atoms with Gasteiger partial charge in [-0.1, -0.05) is 25.9 Å². The summed E-state index contributed by atoms with van der Waals surface area (Å²) in [5.41, 5.74) is -0.0133. The van der Waals surface area contributed by atoms with Gasteiger partial charge in [-0.3, -0.25) is 0 Å². The van der Waals surface area contributed by atoms with Crippen molar-refractivity contribution in [1.29, 1.82) is 0 Å². The molecule has 2 heterocycles. The summed E-state index contributed by atoms with van der Waals surface area (Å²) in [4.78, 5) is 4.52. The van der Waals surface area contributed by atoms with Crippen LogP contribution in [0.25, 0.3) is 0 Å². The van der Waals surface area contributed by atoms with Gasteiger partial charge >= 0.3 is 0 Å². The molecule has 1 unspecified atom stereocenters. The fourth-order valence-corrected chi connectivity index (χ4v) is 1.77. The van der Waals surface area contributed by atoms with Gasteiger partial charge < -0.3 is 9.84 Å². The van der Waals surface area contributed by atoms with Crippen molar-refractivity contribution in [1.82, 2.24) is 15.5 Å². The standard InChI is InChI=1S/C11H19N3O/c1-10(2,3)8-13-9(15-14-8)11(4)5-6-12-7-11/h12H,5-7H2,1-4H3. The maximum atomic E-state index is 5.38. The Morgan fingerprint density at radius 3 is 2.60 bits per heavy atom. The van der Waals surface area contributed by atoms with Crippen LogP contribution in [0.15, 0.2) is 4.52 Å². The van der Waals surface area contributed by atoms with E-state index in [9.17, 15) is 0 Å². The lowest BCUT2D eigenvalue weighted by atomic mass is 9.89. The van der Waals surface area contributed by atoms with E-state index in [0.717, 1.165) is 31.2 Å². The van der Waals surface area contributed by atoms with E-state index in [4.69, 9.17) is 4.52 Å². The third kappa shape index (κ3) is 1.91. The largest absolute Gasteiger partial charge is 0.339 e. The van der Waals surface area contributed by atoms with Crippen molar-refractivity contribution in [3.8, 4) is 0 Å². The summed E-state index contributed by atoms with van der Waals surface area (Å²) >= 11 is 0. The van der Waals surface area contributed by atoms with E-state index in [1.54, 1.807) is 0 Å². The quantitative estimate of drug-likeness (QED) is 0.763. The second kappa shape index (κ2) is 3.30. The molecule has 0 saturated carbocycles. The third-order valence-electron chi connectivity index (χ3n) is 2.98. The Kier molecular flexibility index (Phi) is 2.34. The SMILES string of the molecule is CC(C)(C)c1noc(C2(C)CCNC2)n1. The van der Waals surface area contributed by atoms with Crippen LogP contribution in [-0.2, 0) is 10.8 Å². The molecule has 1 aliphatic rings. The molecule has 0 aromatic carbocycles. The van der Waals surface area contributed by atoms with Crippen LogP contribution >= 0.6 is 0 Å². The Bertz CT molecular complexity index is 345. The molecule has 0 aliphatic carbocycles. The van der Waals surface area contributed by atoms with Crippen molar-refractivity contribution in [2.45, 2.75) is 44.9 Å². The molecule has 1 N–H and O–H groups in total. The van der Waals surface area contributed by atoms with Crippen LogP contribution < -0.4 is 5.32 Å². The predicted octanol–water partition coefficient (Wildman–Crippen LogP) is 1.62. The summed E-state index contributed by atoms with van der Waals surface area (Å²) < 4.78 is 5.38. The topological polar surface area (TPSA) is 51.0 Å². The van der Waals surface area contributed by atoms with Crippen LogP contribution in [0.3, 0.4) is 0 Å². The zero-order valence-electron chi connectivity index (χ0n) is 9.92. The maximum Gasteiger partial charge on any atom is 0.233 e. The zero-order chi connectivity index (χ0) is 11.1. The number of aromatic nitrogens is 2. The van der Waals surface area contributed by atoms with Crippen molar-refractivity contribution in [2.24, 2.45) is 0 Å². The molecule has 0 amide bonds. The minimum atomic E-state index is -0.0376. The van der Waals surface area contributed by atoms with Gasteiger partial charge in [0, 0.05) is 12.0 Å². The average molecular weight is 209 g/mol. The first kappa shape index (κ1) is 10.6. The normalized spacial score (nSPS) is 27.2. The second-order valence-corrected chi connectivity index (χ2v) is 5.66. The number of hydrogen-bond donors (Lipinski definition) is 1. The van der Waals surface area contributed by atoms with Crippen molar-refractivity contribution in [3.63, 3.8) is 0 Å². The molecule has 1 atom stereocenters. The van der Waals surface area contributed by atoms with E-state index in [2.05, 4.69) is 43.2 Å². The summed E-state index contributed by atoms with van der Waals surface area (Å²) in [6.45, 7) is 10.4. The van der Waals surface area contributed by atoms with Gasteiger partial charge in [-0.25, -0.2) is 0 Å². The van der Waals surface area contributed by atoms with Gasteiger partial charge in [0.2, 0.25) is 5.89 Å². The minimum absolute atomic E-state index is 0.0243. The number of hydrogen-bond acceptors (Lipinski definition) is 4. The number of nitrogens with one attached hydrogen (secondary N) is 1. The molecule has 0 spiro atoms. The average Bonchev–Trinajstić information content (AvgIpc) is 2.69. The number of nitrogens with zero attached hydrogens (tertiary/aromatic N) is 2. The molecular formula is C11H19N3O. The van der Waals surface area contributed by atoms with Crippen LogP contribution in [-0.4, -0.2) is 23.2 Å². The molecule has 4 heteroatoms. The molecular weight excluding hydrogens is 190 g/mol. The van der Waals surface area contributed by atoms with Crippen molar-refractivity contribution in [3.05, 3.63) is 11.7 Å². The van der Waals surface area contributed by atoms with Crippen molar-refractivity contribution < 1.29 is 4.52 Å². The third-order valence-corrected chi connectivity index (χ3v) is 2.98. The summed E-state index contributed by atoms with van der Waals surface area (Å²) in [6.07, 6.45) is 1.07. The van der Waals surface area contributed by atoms with Gasteiger partial charge in [-0.15, -0.1) is 0 Å².